The normalized spacial score (nSPS) is 14.0. The lowest BCUT2D eigenvalue weighted by molar-refractivity contribution is -0.131. The molecule has 1 atom stereocenters. The molecule has 9 heteroatoms. The molecule has 218 valence electrons. The van der Waals surface area contributed by atoms with Crippen LogP contribution >= 0.6 is 0 Å². The molecule has 42 heavy (non-hydrogen) atoms. The first-order valence-corrected chi connectivity index (χ1v) is 14.3. The van der Waals surface area contributed by atoms with Crippen LogP contribution in [-0.4, -0.2) is 41.1 Å². The van der Waals surface area contributed by atoms with E-state index in [1.807, 2.05) is 66.7 Å². The van der Waals surface area contributed by atoms with Gasteiger partial charge in [-0.3, -0.25) is 4.79 Å². The van der Waals surface area contributed by atoms with Gasteiger partial charge in [-0.25, -0.2) is 9.59 Å². The number of hydrogen-bond donors (Lipinski definition) is 2. The number of hydrogen-bond acceptors (Lipinski definition) is 7. The standard InChI is InChI=1S/C33H36N4O5/c1-22-25(20-34-33(40)41-26-15-9-10-16-26)17-18-27-29(22)31(39)42-32(35-27)36-28(19-23-11-5-3-6-12-23)30(38)37(2)21-24-13-7-4-8-14-24/h3-8,11-14,17-18,26,28H,9-10,15-16,19-21H2,1-2H3,(H,34,40)(H,35,36). The number of aromatic nitrogens is 1. The number of anilines is 1. The van der Waals surface area contributed by atoms with Crippen LogP contribution in [0.4, 0.5) is 10.8 Å². The number of carbonyl (C=O) groups is 2. The van der Waals surface area contributed by atoms with E-state index in [-0.39, 0.29) is 24.6 Å². The molecule has 0 saturated heterocycles. The molecule has 0 aliphatic heterocycles. The van der Waals surface area contributed by atoms with Crippen LogP contribution in [-0.2, 0) is 29.0 Å². The van der Waals surface area contributed by atoms with E-state index in [1.165, 1.54) is 0 Å². The van der Waals surface area contributed by atoms with Crippen LogP contribution < -0.4 is 16.3 Å². The van der Waals surface area contributed by atoms with Gasteiger partial charge in [0, 0.05) is 26.6 Å². The van der Waals surface area contributed by atoms with Crippen LogP contribution in [0.15, 0.2) is 82.0 Å². The molecule has 0 spiro atoms. The smallest absolute Gasteiger partial charge is 0.407 e. The van der Waals surface area contributed by atoms with Crippen molar-refractivity contribution in [2.75, 3.05) is 12.4 Å². The summed E-state index contributed by atoms with van der Waals surface area (Å²) in [6.45, 7) is 2.45. The van der Waals surface area contributed by atoms with Crippen LogP contribution in [0.1, 0.15) is 47.9 Å². The fourth-order valence-corrected chi connectivity index (χ4v) is 5.38. The third kappa shape index (κ3) is 7.15. The highest BCUT2D eigenvalue weighted by Crippen LogP contribution is 2.22. The monoisotopic (exact) mass is 568 g/mol. The number of rotatable bonds is 10. The van der Waals surface area contributed by atoms with Crippen molar-refractivity contribution in [3.05, 3.63) is 105 Å². The molecule has 4 aromatic rings. The van der Waals surface area contributed by atoms with Crippen molar-refractivity contribution in [3.63, 3.8) is 0 Å². The Morgan fingerprint density at radius 2 is 1.67 bits per heavy atom. The maximum absolute atomic E-state index is 13.6. The Kier molecular flexibility index (Phi) is 9.16. The summed E-state index contributed by atoms with van der Waals surface area (Å²) in [4.78, 5) is 45.2. The van der Waals surface area contributed by atoms with Crippen molar-refractivity contribution >= 4 is 28.9 Å². The minimum absolute atomic E-state index is 0.0272. The summed E-state index contributed by atoms with van der Waals surface area (Å²) in [6, 6.07) is 22.2. The van der Waals surface area contributed by atoms with Crippen LogP contribution in [0, 0.1) is 6.92 Å². The molecule has 0 radical (unpaired) electrons. The second-order valence-corrected chi connectivity index (χ2v) is 10.8. The molecule has 2 amide bonds. The van der Waals surface area contributed by atoms with Crippen molar-refractivity contribution in [2.24, 2.45) is 0 Å². The largest absolute Gasteiger partial charge is 0.446 e. The zero-order valence-corrected chi connectivity index (χ0v) is 24.0. The minimum atomic E-state index is -0.718. The molecule has 1 saturated carbocycles. The van der Waals surface area contributed by atoms with Gasteiger partial charge >= 0.3 is 11.7 Å². The Labute approximate surface area is 244 Å². The quantitative estimate of drug-likeness (QED) is 0.265. The lowest BCUT2D eigenvalue weighted by atomic mass is 10.0. The second kappa shape index (κ2) is 13.3. The highest BCUT2D eigenvalue weighted by atomic mass is 16.6. The molecular formula is C33H36N4O5. The Morgan fingerprint density at radius 1 is 1.00 bits per heavy atom. The number of nitrogens with zero attached hydrogens (tertiary/aromatic N) is 2. The van der Waals surface area contributed by atoms with E-state index in [0.29, 0.717) is 29.4 Å². The predicted molar refractivity (Wildman–Crippen MR) is 161 cm³/mol. The van der Waals surface area contributed by atoms with Gasteiger partial charge in [-0.2, -0.15) is 4.98 Å². The summed E-state index contributed by atoms with van der Waals surface area (Å²) in [5.74, 6) is -0.158. The number of fused-ring (bicyclic) bond motifs is 1. The molecule has 1 aliphatic carbocycles. The average molecular weight is 569 g/mol. The minimum Gasteiger partial charge on any atom is -0.446 e. The molecule has 1 aromatic heterocycles. The van der Waals surface area contributed by atoms with E-state index in [2.05, 4.69) is 15.6 Å². The van der Waals surface area contributed by atoms with Gasteiger partial charge in [-0.15, -0.1) is 0 Å². The SMILES string of the molecule is Cc1c(CNC(=O)OC2CCCC2)ccc2nc(NC(Cc3ccccc3)C(=O)N(C)Cc3ccccc3)oc(=O)c12. The summed E-state index contributed by atoms with van der Waals surface area (Å²) in [7, 11) is 1.75. The zero-order chi connectivity index (χ0) is 29.5. The molecule has 3 aromatic carbocycles. The molecule has 0 bridgehead atoms. The molecule has 1 aliphatic rings. The third-order valence-corrected chi connectivity index (χ3v) is 7.69. The number of benzene rings is 3. The molecule has 5 rings (SSSR count). The van der Waals surface area contributed by atoms with Crippen molar-refractivity contribution in [1.29, 1.82) is 0 Å². The van der Waals surface area contributed by atoms with Gasteiger partial charge in [0.15, 0.2) is 0 Å². The highest BCUT2D eigenvalue weighted by Gasteiger charge is 2.25. The summed E-state index contributed by atoms with van der Waals surface area (Å²) < 4.78 is 11.1. The Hall–Kier alpha value is -4.66. The van der Waals surface area contributed by atoms with Gasteiger partial charge in [-0.05, 0) is 60.9 Å². The fraction of sp³-hybridized carbons (Fsp3) is 0.333. The van der Waals surface area contributed by atoms with Gasteiger partial charge in [0.2, 0.25) is 5.91 Å². The fourth-order valence-electron chi connectivity index (χ4n) is 5.38. The van der Waals surface area contributed by atoms with Crippen molar-refractivity contribution in [3.8, 4) is 0 Å². The number of ether oxygens (including phenoxy) is 1. The topological polar surface area (TPSA) is 114 Å². The first-order valence-electron chi connectivity index (χ1n) is 14.3. The van der Waals surface area contributed by atoms with Crippen molar-refractivity contribution < 1.29 is 18.7 Å². The Morgan fingerprint density at radius 3 is 2.36 bits per heavy atom. The van der Waals surface area contributed by atoms with E-state index >= 15 is 0 Å². The van der Waals surface area contributed by atoms with Gasteiger partial charge in [0.05, 0.1) is 10.9 Å². The molecule has 1 unspecified atom stereocenters. The van der Waals surface area contributed by atoms with Crippen molar-refractivity contribution in [1.82, 2.24) is 15.2 Å². The number of carbonyl (C=O) groups excluding carboxylic acids is 2. The van der Waals surface area contributed by atoms with E-state index in [1.54, 1.807) is 24.9 Å². The molecule has 1 heterocycles. The molecule has 1 fully saturated rings. The van der Waals surface area contributed by atoms with E-state index in [9.17, 15) is 14.4 Å². The number of nitrogens with one attached hydrogen (secondary N) is 2. The molecular weight excluding hydrogens is 532 g/mol. The number of likely N-dealkylation sites (N-methyl/N-ethyl adjacent to an activating group) is 1. The Balaban J connectivity index is 1.34. The highest BCUT2D eigenvalue weighted by molar-refractivity contribution is 5.85. The first-order chi connectivity index (χ1) is 20.4. The van der Waals surface area contributed by atoms with E-state index in [4.69, 9.17) is 9.15 Å². The maximum atomic E-state index is 13.6. The second-order valence-electron chi connectivity index (χ2n) is 10.8. The van der Waals surface area contributed by atoms with Crippen LogP contribution in [0.2, 0.25) is 0 Å². The number of amides is 2. The molecule has 2 N–H and O–H groups in total. The number of alkyl carbamates (subject to hydrolysis) is 1. The van der Waals surface area contributed by atoms with Gasteiger partial charge in [-0.1, -0.05) is 66.7 Å². The summed E-state index contributed by atoms with van der Waals surface area (Å²) >= 11 is 0. The van der Waals surface area contributed by atoms with E-state index < -0.39 is 17.8 Å². The maximum Gasteiger partial charge on any atom is 0.407 e. The summed E-state index contributed by atoms with van der Waals surface area (Å²) in [6.07, 6.45) is 3.83. The third-order valence-electron chi connectivity index (χ3n) is 7.69. The number of aryl methyl sites for hydroxylation is 1. The predicted octanol–water partition coefficient (Wildman–Crippen LogP) is 5.35. The summed E-state index contributed by atoms with van der Waals surface area (Å²) in [5.41, 5.74) is 3.26. The Bertz CT molecular complexity index is 1580. The van der Waals surface area contributed by atoms with Gasteiger partial charge in [0.25, 0.3) is 6.01 Å². The first kappa shape index (κ1) is 28.9. The van der Waals surface area contributed by atoms with Gasteiger partial charge < -0.3 is 24.7 Å². The van der Waals surface area contributed by atoms with Crippen LogP contribution in [0.3, 0.4) is 0 Å². The van der Waals surface area contributed by atoms with Crippen LogP contribution in [0.5, 0.6) is 0 Å². The summed E-state index contributed by atoms with van der Waals surface area (Å²) in [5, 5.41) is 6.21. The lowest BCUT2D eigenvalue weighted by Gasteiger charge is -2.25. The zero-order valence-electron chi connectivity index (χ0n) is 24.0. The van der Waals surface area contributed by atoms with E-state index in [0.717, 1.165) is 42.4 Å². The van der Waals surface area contributed by atoms with Crippen LogP contribution in [0.25, 0.3) is 10.9 Å². The van der Waals surface area contributed by atoms with Crippen molar-refractivity contribution in [2.45, 2.75) is 64.3 Å². The van der Waals surface area contributed by atoms with Gasteiger partial charge in [0.1, 0.15) is 12.1 Å². The molecule has 9 nitrogen and oxygen atoms in total. The lowest BCUT2D eigenvalue weighted by Crippen LogP contribution is -2.42. The average Bonchev–Trinajstić information content (AvgIpc) is 3.50.